The second-order valence-electron chi connectivity index (χ2n) is 11.8. The Morgan fingerprint density at radius 3 is 1.48 bits per heavy atom. The molecule has 0 aromatic rings. The zero-order valence-electron chi connectivity index (χ0n) is 27.7. The van der Waals surface area contributed by atoms with Crippen LogP contribution in [0.1, 0.15) is 81.5 Å². The van der Waals surface area contributed by atoms with Gasteiger partial charge in [-0.15, -0.1) is 0 Å². The molecule has 0 radical (unpaired) electrons. The number of aliphatic hydroxyl groups excluding tert-OH is 3. The third kappa shape index (κ3) is 21.4. The van der Waals surface area contributed by atoms with Gasteiger partial charge in [-0.1, -0.05) is 54.4 Å². The summed E-state index contributed by atoms with van der Waals surface area (Å²) in [5.74, 6) is 4.07. The van der Waals surface area contributed by atoms with E-state index in [4.69, 9.17) is 33.7 Å². The first-order chi connectivity index (χ1) is 18.4. The van der Waals surface area contributed by atoms with E-state index in [1.54, 1.807) is 0 Å². The van der Waals surface area contributed by atoms with Crippen molar-refractivity contribution < 1.29 is 73.1 Å². The average Bonchev–Trinajstić information content (AvgIpc) is 2.86. The Morgan fingerprint density at radius 1 is 0.700 bits per heavy atom. The summed E-state index contributed by atoms with van der Waals surface area (Å²) in [6.45, 7) is 15.6. The molecule has 0 bridgehead atoms. The molecule has 0 heterocycles. The first-order valence-corrected chi connectivity index (χ1v) is 16.7. The number of rotatable bonds is 14. The van der Waals surface area contributed by atoms with Gasteiger partial charge in [-0.2, -0.15) is 8.42 Å². The fourth-order valence-corrected chi connectivity index (χ4v) is 5.79. The second kappa shape index (κ2) is 25.0. The van der Waals surface area contributed by atoms with Crippen molar-refractivity contribution in [3.05, 3.63) is 0 Å². The molecular formula is C29H61NaO9S. The van der Waals surface area contributed by atoms with Crippen LogP contribution in [0.15, 0.2) is 0 Å². The molecule has 0 aliphatic heterocycles. The van der Waals surface area contributed by atoms with Crippen molar-refractivity contribution in [2.24, 2.45) is 35.5 Å². The number of hydrogen-bond acceptors (Lipinski definition) is 9. The van der Waals surface area contributed by atoms with Gasteiger partial charge in [0, 0.05) is 0 Å². The molecule has 2 saturated carbocycles. The molecule has 11 heteroatoms. The van der Waals surface area contributed by atoms with E-state index in [9.17, 15) is 8.42 Å². The van der Waals surface area contributed by atoms with Crippen molar-refractivity contribution in [2.45, 2.75) is 92.3 Å². The molecule has 0 spiro atoms. The van der Waals surface area contributed by atoms with Gasteiger partial charge >= 0.3 is 29.6 Å². The molecule has 2 rings (SSSR count). The Kier molecular flexibility index (Phi) is 26.8. The maximum atomic E-state index is 10.8. The van der Waals surface area contributed by atoms with Gasteiger partial charge in [0.05, 0.1) is 71.3 Å². The standard InChI is InChI=1S/C14H28O3.C13H26O4S.C2H6O2.Na.H/c1-11(2)13-5-4-12(3)10-14(13)17-9-8-16-7-6-15;1-10(2)12-6-5-11(3)9-13(12)16-7-8-17-18(4,14)15;3-1-2-4;;/h11-15H,4-10H2,1-3H3;10-13H,5-9H2,1-4H3;3-4H,1-2H2;;/q;;;+1;-1/t12-,13+,14-;11-,12+,13-;;;/m11.../s1. The molecular weight excluding hydrogens is 547 g/mol. The minimum atomic E-state index is -3.35. The van der Waals surface area contributed by atoms with Gasteiger partial charge in [-0.05, 0) is 61.2 Å². The second-order valence-corrected chi connectivity index (χ2v) is 13.4. The molecule has 0 aromatic carbocycles. The van der Waals surface area contributed by atoms with Gasteiger partial charge in [0.1, 0.15) is 0 Å². The smallest absolute Gasteiger partial charge is 1.00 e. The minimum absolute atomic E-state index is 0. The Hall–Kier alpha value is 0.670. The van der Waals surface area contributed by atoms with Gasteiger partial charge in [-0.3, -0.25) is 4.18 Å². The van der Waals surface area contributed by atoms with E-state index >= 15 is 0 Å². The molecule has 6 atom stereocenters. The van der Waals surface area contributed by atoms with Crippen molar-refractivity contribution >= 4 is 10.1 Å². The van der Waals surface area contributed by atoms with E-state index in [-0.39, 0.29) is 63.5 Å². The van der Waals surface area contributed by atoms with Gasteiger partial charge in [-0.25, -0.2) is 0 Å². The van der Waals surface area contributed by atoms with Gasteiger partial charge in [0.15, 0.2) is 0 Å². The molecule has 0 unspecified atom stereocenters. The SMILES string of the molecule is CC(C)[C@@H]1CC[C@@H](C)C[C@H]1OCCOCCO.CC(C)[C@@H]1CC[C@@H](C)C[C@H]1OCCOS(C)(=O)=O.OCCO.[H-].[Na+]. The summed E-state index contributed by atoms with van der Waals surface area (Å²) in [6, 6.07) is 0. The first kappa shape index (κ1) is 42.8. The van der Waals surface area contributed by atoms with Crippen LogP contribution in [0.5, 0.6) is 0 Å². The van der Waals surface area contributed by atoms with Crippen LogP contribution in [0, 0.1) is 35.5 Å². The van der Waals surface area contributed by atoms with Crippen LogP contribution in [0.2, 0.25) is 0 Å². The Morgan fingerprint density at radius 2 is 1.12 bits per heavy atom. The van der Waals surface area contributed by atoms with Crippen LogP contribution in [0.3, 0.4) is 0 Å². The minimum Gasteiger partial charge on any atom is -1.00 e. The fourth-order valence-electron chi connectivity index (χ4n) is 5.42. The molecule has 9 nitrogen and oxygen atoms in total. The maximum absolute atomic E-state index is 10.8. The summed E-state index contributed by atoms with van der Waals surface area (Å²) in [7, 11) is -3.35. The van der Waals surface area contributed by atoms with Crippen LogP contribution >= 0.6 is 0 Å². The van der Waals surface area contributed by atoms with Crippen molar-refractivity contribution in [3.63, 3.8) is 0 Å². The Bertz CT molecular complexity index is 683. The third-order valence-corrected chi connectivity index (χ3v) is 8.13. The normalized spacial score (nSPS) is 26.8. The van der Waals surface area contributed by atoms with Gasteiger partial charge < -0.3 is 31.0 Å². The molecule has 2 aliphatic rings. The Balaban J connectivity index is -0.000000597. The molecule has 0 amide bonds. The van der Waals surface area contributed by atoms with Crippen LogP contribution in [-0.4, -0.2) is 95.1 Å². The monoisotopic (exact) mass is 608 g/mol. The van der Waals surface area contributed by atoms with E-state index in [2.05, 4.69) is 41.5 Å². The fraction of sp³-hybridized carbons (Fsp3) is 1.00. The van der Waals surface area contributed by atoms with E-state index in [0.29, 0.717) is 62.1 Å². The predicted molar refractivity (Wildman–Crippen MR) is 156 cm³/mol. The molecule has 238 valence electrons. The summed E-state index contributed by atoms with van der Waals surface area (Å²) in [5.41, 5.74) is 0. The largest absolute Gasteiger partial charge is 1.00 e. The zero-order chi connectivity index (χ0) is 29.8. The zero-order valence-corrected chi connectivity index (χ0v) is 29.5. The van der Waals surface area contributed by atoms with Crippen molar-refractivity contribution in [1.29, 1.82) is 0 Å². The number of hydrogen-bond donors (Lipinski definition) is 3. The predicted octanol–water partition coefficient (Wildman–Crippen LogP) is 1.00. The summed E-state index contributed by atoms with van der Waals surface area (Å²) in [5, 5.41) is 23.8. The molecule has 40 heavy (non-hydrogen) atoms. The summed E-state index contributed by atoms with van der Waals surface area (Å²) < 4.78 is 43.4. The van der Waals surface area contributed by atoms with E-state index in [0.717, 1.165) is 18.6 Å². The third-order valence-electron chi connectivity index (χ3n) is 7.53. The van der Waals surface area contributed by atoms with Crippen LogP contribution < -0.4 is 29.6 Å². The van der Waals surface area contributed by atoms with E-state index in [1.165, 1.54) is 32.1 Å². The van der Waals surface area contributed by atoms with Gasteiger partial charge in [0.25, 0.3) is 10.1 Å². The molecule has 0 aromatic heterocycles. The number of aliphatic hydroxyl groups is 3. The maximum Gasteiger partial charge on any atom is 1.00 e. The van der Waals surface area contributed by atoms with Crippen molar-refractivity contribution in [3.8, 4) is 0 Å². The van der Waals surface area contributed by atoms with E-state index < -0.39 is 10.1 Å². The van der Waals surface area contributed by atoms with Crippen molar-refractivity contribution in [1.82, 2.24) is 0 Å². The van der Waals surface area contributed by atoms with E-state index in [1.807, 2.05) is 0 Å². The van der Waals surface area contributed by atoms with Crippen LogP contribution in [0.25, 0.3) is 0 Å². The topological polar surface area (TPSA) is 132 Å². The molecule has 0 saturated heterocycles. The van der Waals surface area contributed by atoms with Crippen molar-refractivity contribution in [2.75, 3.05) is 59.1 Å². The average molecular weight is 609 g/mol. The molecule has 2 fully saturated rings. The molecule has 3 N–H and O–H groups in total. The quantitative estimate of drug-likeness (QED) is 0.150. The molecule has 2 aliphatic carbocycles. The van der Waals surface area contributed by atoms with Crippen LogP contribution in [-0.2, 0) is 28.5 Å². The van der Waals surface area contributed by atoms with Crippen LogP contribution in [0.4, 0.5) is 0 Å². The van der Waals surface area contributed by atoms with Gasteiger partial charge in [0.2, 0.25) is 0 Å². The Labute approximate surface area is 269 Å². The first-order valence-electron chi connectivity index (χ1n) is 14.8. The summed E-state index contributed by atoms with van der Waals surface area (Å²) in [6.07, 6.45) is 9.06. The number of ether oxygens (including phenoxy) is 3. The summed E-state index contributed by atoms with van der Waals surface area (Å²) in [4.78, 5) is 0. The summed E-state index contributed by atoms with van der Waals surface area (Å²) >= 11 is 0.